The van der Waals surface area contributed by atoms with Crippen LogP contribution in [0.25, 0.3) is 0 Å². The third-order valence-electron chi connectivity index (χ3n) is 3.53. The summed E-state index contributed by atoms with van der Waals surface area (Å²) in [5.74, 6) is -1.77. The lowest BCUT2D eigenvalue weighted by Crippen LogP contribution is -2.36. The molecular formula is C14H16F3NO4. The second-order valence-corrected chi connectivity index (χ2v) is 5.40. The molecule has 0 saturated carbocycles. The average molecular weight is 319 g/mol. The van der Waals surface area contributed by atoms with Crippen LogP contribution in [0.5, 0.6) is 0 Å². The van der Waals surface area contributed by atoms with Crippen LogP contribution in [0.4, 0.5) is 13.2 Å². The quantitative estimate of drug-likeness (QED) is 0.474. The van der Waals surface area contributed by atoms with Gasteiger partial charge in [0.15, 0.2) is 0 Å². The predicted molar refractivity (Wildman–Crippen MR) is 71.8 cm³/mol. The van der Waals surface area contributed by atoms with Crippen molar-refractivity contribution >= 4 is 5.97 Å². The standard InChI is InChI=1S/C14H16F3NO4/c1-13(2,12(19)22-3)11(8-18(20)21)9-5-4-6-10(7-9)14(15,16)17/h4-7,11H,8H2,1-3H3. The van der Waals surface area contributed by atoms with Crippen molar-refractivity contribution in [1.29, 1.82) is 0 Å². The second-order valence-electron chi connectivity index (χ2n) is 5.40. The van der Waals surface area contributed by atoms with Crippen molar-refractivity contribution in [2.75, 3.05) is 13.7 Å². The summed E-state index contributed by atoms with van der Waals surface area (Å²) >= 11 is 0. The number of alkyl halides is 3. The van der Waals surface area contributed by atoms with Crippen LogP contribution in [-0.2, 0) is 15.7 Å². The van der Waals surface area contributed by atoms with Gasteiger partial charge in [-0.25, -0.2) is 0 Å². The van der Waals surface area contributed by atoms with E-state index in [0.29, 0.717) is 0 Å². The maximum Gasteiger partial charge on any atom is 0.416 e. The maximum atomic E-state index is 12.8. The minimum Gasteiger partial charge on any atom is -0.469 e. The largest absolute Gasteiger partial charge is 0.469 e. The highest BCUT2D eigenvalue weighted by Crippen LogP contribution is 2.39. The van der Waals surface area contributed by atoms with E-state index in [-0.39, 0.29) is 5.56 Å². The number of nitrogens with zero attached hydrogens (tertiary/aromatic N) is 1. The molecule has 1 rings (SSSR count). The number of nitro groups is 1. The van der Waals surface area contributed by atoms with Crippen LogP contribution in [-0.4, -0.2) is 24.5 Å². The number of benzene rings is 1. The molecule has 0 aliphatic carbocycles. The Kier molecular flexibility index (Phi) is 5.16. The summed E-state index contributed by atoms with van der Waals surface area (Å²) in [7, 11) is 1.12. The van der Waals surface area contributed by atoms with Gasteiger partial charge in [-0.3, -0.25) is 14.9 Å². The van der Waals surface area contributed by atoms with E-state index in [0.717, 1.165) is 19.2 Å². The molecule has 0 fully saturated rings. The summed E-state index contributed by atoms with van der Waals surface area (Å²) in [6, 6.07) is 4.21. The van der Waals surface area contributed by atoms with E-state index < -0.39 is 40.5 Å². The molecule has 5 nitrogen and oxygen atoms in total. The summed E-state index contributed by atoms with van der Waals surface area (Å²) in [6.07, 6.45) is -4.56. The molecule has 0 amide bonds. The van der Waals surface area contributed by atoms with E-state index in [1.54, 1.807) is 0 Å². The number of esters is 1. The highest BCUT2D eigenvalue weighted by Gasteiger charge is 2.42. The summed E-state index contributed by atoms with van der Waals surface area (Å²) in [4.78, 5) is 22.0. The zero-order valence-corrected chi connectivity index (χ0v) is 12.3. The van der Waals surface area contributed by atoms with E-state index in [4.69, 9.17) is 0 Å². The van der Waals surface area contributed by atoms with Crippen LogP contribution < -0.4 is 0 Å². The van der Waals surface area contributed by atoms with Crippen LogP contribution in [0.1, 0.15) is 30.9 Å². The van der Waals surface area contributed by atoms with Crippen molar-refractivity contribution in [2.24, 2.45) is 5.41 Å². The van der Waals surface area contributed by atoms with Crippen molar-refractivity contribution < 1.29 is 27.6 Å². The first kappa shape index (κ1) is 17.9. The highest BCUT2D eigenvalue weighted by molar-refractivity contribution is 5.77. The lowest BCUT2D eigenvalue weighted by atomic mass is 9.74. The van der Waals surface area contributed by atoms with Crippen molar-refractivity contribution in [2.45, 2.75) is 25.9 Å². The Labute approximate surface area is 125 Å². The first-order valence-corrected chi connectivity index (χ1v) is 6.37. The third kappa shape index (κ3) is 3.96. The fraction of sp³-hybridized carbons (Fsp3) is 0.500. The Hall–Kier alpha value is -2.12. The van der Waals surface area contributed by atoms with Gasteiger partial charge in [0.05, 0.1) is 24.0 Å². The Morgan fingerprint density at radius 2 is 1.95 bits per heavy atom. The SMILES string of the molecule is COC(=O)C(C)(C)C(C[N+](=O)[O-])c1cccc(C(F)(F)F)c1. The number of carbonyl (C=O) groups excluding carboxylic acids is 1. The summed E-state index contributed by atoms with van der Waals surface area (Å²) in [6.45, 7) is 2.14. The molecule has 8 heteroatoms. The molecule has 0 aliphatic rings. The van der Waals surface area contributed by atoms with E-state index in [1.807, 2.05) is 0 Å². The van der Waals surface area contributed by atoms with Crippen molar-refractivity contribution in [3.05, 3.63) is 45.5 Å². The van der Waals surface area contributed by atoms with E-state index >= 15 is 0 Å². The van der Waals surface area contributed by atoms with E-state index in [1.165, 1.54) is 26.0 Å². The van der Waals surface area contributed by atoms with Crippen molar-refractivity contribution in [3.8, 4) is 0 Å². The van der Waals surface area contributed by atoms with Crippen LogP contribution in [0.3, 0.4) is 0 Å². The topological polar surface area (TPSA) is 69.4 Å². The van der Waals surface area contributed by atoms with E-state index in [9.17, 15) is 28.1 Å². The molecule has 22 heavy (non-hydrogen) atoms. The van der Waals surface area contributed by atoms with E-state index in [2.05, 4.69) is 4.74 Å². The molecule has 0 N–H and O–H groups in total. The van der Waals surface area contributed by atoms with Gasteiger partial charge < -0.3 is 4.74 Å². The molecule has 1 unspecified atom stereocenters. The van der Waals surface area contributed by atoms with Gasteiger partial charge in [-0.2, -0.15) is 13.2 Å². The Balaban J connectivity index is 3.35. The number of halogens is 3. The number of hydrogen-bond donors (Lipinski definition) is 0. The number of rotatable bonds is 5. The maximum absolute atomic E-state index is 12.8. The number of ether oxygens (including phenoxy) is 1. The first-order valence-electron chi connectivity index (χ1n) is 6.37. The molecule has 0 saturated heterocycles. The minimum atomic E-state index is -4.56. The van der Waals surface area contributed by atoms with Crippen LogP contribution in [0.2, 0.25) is 0 Å². The highest BCUT2D eigenvalue weighted by atomic mass is 19.4. The van der Waals surface area contributed by atoms with Gasteiger partial charge in [0.2, 0.25) is 6.54 Å². The van der Waals surface area contributed by atoms with Gasteiger partial charge in [0.25, 0.3) is 0 Å². The molecule has 122 valence electrons. The van der Waals surface area contributed by atoms with Crippen LogP contribution in [0.15, 0.2) is 24.3 Å². The summed E-state index contributed by atoms with van der Waals surface area (Å²) in [5, 5.41) is 10.9. The molecule has 1 aromatic rings. The molecule has 1 atom stereocenters. The lowest BCUT2D eigenvalue weighted by molar-refractivity contribution is -0.485. The predicted octanol–water partition coefficient (Wildman–Crippen LogP) is 3.26. The molecule has 0 heterocycles. The molecule has 0 aromatic heterocycles. The van der Waals surface area contributed by atoms with Crippen molar-refractivity contribution in [1.82, 2.24) is 0 Å². The van der Waals surface area contributed by atoms with Crippen LogP contribution >= 0.6 is 0 Å². The Bertz CT molecular complexity index is 569. The van der Waals surface area contributed by atoms with Crippen molar-refractivity contribution in [3.63, 3.8) is 0 Å². The van der Waals surface area contributed by atoms with Gasteiger partial charge in [-0.05, 0) is 25.5 Å². The first-order chi connectivity index (χ1) is 10.00. The zero-order valence-electron chi connectivity index (χ0n) is 12.3. The van der Waals surface area contributed by atoms with Gasteiger partial charge >= 0.3 is 12.1 Å². The number of carbonyl (C=O) groups is 1. The van der Waals surface area contributed by atoms with Gasteiger partial charge in [0.1, 0.15) is 0 Å². The normalized spacial score (nSPS) is 13.5. The fourth-order valence-corrected chi connectivity index (χ4v) is 2.24. The Morgan fingerprint density at radius 1 is 1.36 bits per heavy atom. The molecular weight excluding hydrogens is 303 g/mol. The molecule has 0 radical (unpaired) electrons. The second kappa shape index (κ2) is 6.33. The zero-order chi connectivity index (χ0) is 17.1. The van der Waals surface area contributed by atoms with Crippen LogP contribution in [0, 0.1) is 15.5 Å². The van der Waals surface area contributed by atoms with Gasteiger partial charge in [0, 0.05) is 4.92 Å². The monoisotopic (exact) mass is 319 g/mol. The minimum absolute atomic E-state index is 0.0712. The molecule has 0 aliphatic heterocycles. The molecule has 1 aromatic carbocycles. The molecule has 0 bridgehead atoms. The fourth-order valence-electron chi connectivity index (χ4n) is 2.24. The smallest absolute Gasteiger partial charge is 0.416 e. The summed E-state index contributed by atoms with van der Waals surface area (Å²) in [5.41, 5.74) is -2.19. The number of methoxy groups -OCH3 is 1. The third-order valence-corrected chi connectivity index (χ3v) is 3.53. The van der Waals surface area contributed by atoms with Gasteiger partial charge in [-0.15, -0.1) is 0 Å². The molecule has 0 spiro atoms. The lowest BCUT2D eigenvalue weighted by Gasteiger charge is -2.29. The summed E-state index contributed by atoms with van der Waals surface area (Å²) < 4.78 is 43.0. The Morgan fingerprint density at radius 3 is 2.41 bits per heavy atom. The average Bonchev–Trinajstić information content (AvgIpc) is 2.42. The van der Waals surface area contributed by atoms with Gasteiger partial charge in [-0.1, -0.05) is 18.2 Å². The number of hydrogen-bond acceptors (Lipinski definition) is 4.